The van der Waals surface area contributed by atoms with Crippen LogP contribution in [0, 0.1) is 50.2 Å². The lowest BCUT2D eigenvalue weighted by Gasteiger charge is -2.71. The van der Waals surface area contributed by atoms with Crippen LogP contribution in [0.4, 0.5) is 0 Å². The van der Waals surface area contributed by atoms with E-state index in [2.05, 4.69) is 40.7 Å². The van der Waals surface area contributed by atoms with Crippen LogP contribution in [-0.4, -0.2) is 169 Å². The highest BCUT2D eigenvalue weighted by Crippen LogP contribution is 2.76. The number of carboxylic acids is 1. The maximum atomic E-state index is 13.1. The second-order valence-electron chi connectivity index (χ2n) is 22.9. The van der Waals surface area contributed by atoms with E-state index in [1.54, 1.807) is 0 Å². The topological polar surface area (TPSA) is 275 Å². The molecule has 366 valence electrons. The Kier molecular flexibility index (Phi) is 13.2. The molecular formula is C47H76O17. The van der Waals surface area contributed by atoms with Crippen LogP contribution in [-0.2, 0) is 33.2 Å². The summed E-state index contributed by atoms with van der Waals surface area (Å²) in [6.07, 6.45) is -11.7. The number of aliphatic carboxylic acids is 1. The Balaban J connectivity index is 1.05. The highest BCUT2D eigenvalue weighted by atomic mass is 16.8. The molecule has 0 radical (unpaired) electrons. The van der Waals surface area contributed by atoms with E-state index in [0.29, 0.717) is 19.3 Å². The van der Waals surface area contributed by atoms with E-state index >= 15 is 0 Å². The summed E-state index contributed by atoms with van der Waals surface area (Å²) in [6.45, 7) is 14.0. The fourth-order valence-corrected chi connectivity index (χ4v) is 14.8. The number of allylic oxidation sites excluding steroid dienone is 2. The van der Waals surface area contributed by atoms with E-state index in [4.69, 9.17) is 28.4 Å². The smallest absolute Gasteiger partial charge is 0.310 e. The van der Waals surface area contributed by atoms with E-state index in [9.17, 15) is 55.9 Å². The van der Waals surface area contributed by atoms with Crippen LogP contribution in [0.1, 0.15) is 113 Å². The Morgan fingerprint density at radius 1 is 0.719 bits per heavy atom. The lowest BCUT2D eigenvalue weighted by Crippen LogP contribution is -2.67. The molecule has 64 heavy (non-hydrogen) atoms. The van der Waals surface area contributed by atoms with E-state index in [0.717, 1.165) is 44.9 Å². The summed E-state index contributed by atoms with van der Waals surface area (Å²) in [4.78, 5) is 13.1. The highest BCUT2D eigenvalue weighted by molar-refractivity contribution is 5.76. The van der Waals surface area contributed by atoms with Crippen molar-refractivity contribution in [2.75, 3.05) is 19.8 Å². The summed E-state index contributed by atoms with van der Waals surface area (Å²) < 4.78 is 36.5. The Bertz CT molecular complexity index is 1750. The lowest BCUT2D eigenvalue weighted by atomic mass is 9.33. The van der Waals surface area contributed by atoms with Crippen LogP contribution < -0.4 is 0 Å². The number of aliphatic hydroxyl groups excluding tert-OH is 9. The van der Waals surface area contributed by atoms with Gasteiger partial charge in [-0.05, 0) is 111 Å². The van der Waals surface area contributed by atoms with Crippen molar-refractivity contribution in [3.8, 4) is 0 Å². The van der Waals surface area contributed by atoms with E-state index < -0.39 is 116 Å². The predicted octanol–water partition coefficient (Wildman–Crippen LogP) is 1.35. The van der Waals surface area contributed by atoms with Gasteiger partial charge in [0.15, 0.2) is 18.9 Å². The molecule has 0 aromatic carbocycles. The normalized spacial score (nSPS) is 55.0. The summed E-state index contributed by atoms with van der Waals surface area (Å²) in [5.74, 6) is -0.441. The Hall–Kier alpha value is -1.39. The third-order valence-electron chi connectivity index (χ3n) is 19.1. The number of hydrogen-bond acceptors (Lipinski definition) is 16. The zero-order chi connectivity index (χ0) is 46.7. The molecule has 17 nitrogen and oxygen atoms in total. The summed E-state index contributed by atoms with van der Waals surface area (Å²) in [6, 6.07) is 0. The molecule has 0 amide bonds. The minimum atomic E-state index is -1.77. The molecule has 3 heterocycles. The van der Waals surface area contributed by atoms with Crippen molar-refractivity contribution in [2.24, 2.45) is 50.2 Å². The van der Waals surface area contributed by atoms with Crippen LogP contribution in [0.25, 0.3) is 0 Å². The van der Waals surface area contributed by atoms with Crippen LogP contribution in [0.3, 0.4) is 0 Å². The van der Waals surface area contributed by atoms with Crippen molar-refractivity contribution in [1.82, 2.24) is 0 Å². The molecule has 10 N–H and O–H groups in total. The van der Waals surface area contributed by atoms with Gasteiger partial charge < -0.3 is 79.5 Å². The molecule has 8 aliphatic rings. The van der Waals surface area contributed by atoms with Gasteiger partial charge in [-0.3, -0.25) is 4.79 Å². The average molecular weight is 913 g/mol. The first-order valence-corrected chi connectivity index (χ1v) is 23.7. The number of carboxylic acid groups (broad SMARTS) is 1. The molecule has 23 atom stereocenters. The van der Waals surface area contributed by atoms with Crippen molar-refractivity contribution in [3.63, 3.8) is 0 Å². The zero-order valence-corrected chi connectivity index (χ0v) is 38.5. The SMILES string of the molecule is C[C@@H]1O[C@@H](O[C@H]2[C@H](OC3CC[C@@]4(C)[C@@H](CC[C@]5(C)[C@@H]4CC=C4[C@@H]6CC(C)(C)CC[C@]6(C(=O)O)CC[C@]45C)[C@]3(C)CO)OC[C@H](O[C@H]3O[C@H](CO)[C@@H](O)[C@H](O)[C@H]3O)[C@@H]2O)[C@H](O)[C@H](O)[C@H]1O. The van der Waals surface area contributed by atoms with Crippen molar-refractivity contribution in [2.45, 2.75) is 205 Å². The fourth-order valence-electron chi connectivity index (χ4n) is 14.8. The summed E-state index contributed by atoms with van der Waals surface area (Å²) in [5, 5.41) is 108. The number of rotatable bonds is 9. The summed E-state index contributed by atoms with van der Waals surface area (Å²) in [7, 11) is 0. The predicted molar refractivity (Wildman–Crippen MR) is 225 cm³/mol. The molecule has 1 unspecified atom stereocenters. The number of aliphatic hydroxyl groups is 9. The summed E-state index contributed by atoms with van der Waals surface area (Å²) in [5.41, 5.74) is -0.704. The van der Waals surface area contributed by atoms with Crippen LogP contribution in [0.5, 0.6) is 0 Å². The molecule has 0 aromatic heterocycles. The van der Waals surface area contributed by atoms with Crippen LogP contribution in [0.2, 0.25) is 0 Å². The van der Waals surface area contributed by atoms with Gasteiger partial charge >= 0.3 is 5.97 Å². The molecule has 0 bridgehead atoms. The molecule has 3 saturated heterocycles. The second-order valence-corrected chi connectivity index (χ2v) is 22.9. The minimum Gasteiger partial charge on any atom is -0.481 e. The molecule has 5 aliphatic carbocycles. The molecule has 7 fully saturated rings. The lowest BCUT2D eigenvalue weighted by molar-refractivity contribution is -0.381. The quantitative estimate of drug-likeness (QED) is 0.116. The number of hydrogen-bond donors (Lipinski definition) is 10. The third kappa shape index (κ3) is 7.49. The first-order chi connectivity index (χ1) is 29.9. The minimum absolute atomic E-state index is 0.00757. The average Bonchev–Trinajstić information content (AvgIpc) is 3.24. The standard InChI is InChI=1S/C47H76O17/c1-22-30(50)33(53)35(55)38(60-22)64-37-32(52)26(62-39-36(56)34(54)31(51)25(19-48)61-39)20-59-40(37)63-29-11-12-43(4)27(44(29,5)21-49)10-13-46(7)28(43)9-8-23-24-18-42(2,3)14-16-47(24,41(57)58)17-15-45(23,46)6/h8,22,24-40,48-56H,9-21H2,1-7H3,(H,57,58)/t22-,24-,25+,26-,27+,28+,29?,30-,31+,32-,33+,34-,35+,36+,37+,38-,39+,40-,43-,44-,45+,46+,47-/m0/s1. The maximum Gasteiger partial charge on any atom is 0.310 e. The highest BCUT2D eigenvalue weighted by Gasteiger charge is 2.70. The number of carbonyl (C=O) groups is 1. The van der Waals surface area contributed by atoms with E-state index in [1.807, 2.05) is 6.92 Å². The van der Waals surface area contributed by atoms with Crippen molar-refractivity contribution >= 4 is 5.97 Å². The molecule has 0 spiro atoms. The van der Waals surface area contributed by atoms with Gasteiger partial charge in [-0.15, -0.1) is 0 Å². The van der Waals surface area contributed by atoms with Gasteiger partial charge in [0, 0.05) is 5.41 Å². The fraction of sp³-hybridized carbons (Fsp3) is 0.936. The number of fused-ring (bicyclic) bond motifs is 7. The Morgan fingerprint density at radius 2 is 1.38 bits per heavy atom. The maximum absolute atomic E-state index is 13.1. The third-order valence-corrected chi connectivity index (χ3v) is 19.1. The Labute approximate surface area is 376 Å². The molecular weight excluding hydrogens is 837 g/mol. The van der Waals surface area contributed by atoms with Gasteiger partial charge in [0.1, 0.15) is 61.0 Å². The molecule has 3 aliphatic heterocycles. The molecule has 4 saturated carbocycles. The van der Waals surface area contributed by atoms with Gasteiger partial charge in [0.2, 0.25) is 0 Å². The first-order valence-electron chi connectivity index (χ1n) is 23.7. The first kappa shape index (κ1) is 49.0. The summed E-state index contributed by atoms with van der Waals surface area (Å²) >= 11 is 0. The van der Waals surface area contributed by atoms with Gasteiger partial charge in [0.05, 0.1) is 37.4 Å². The molecule has 17 heteroatoms. The molecule has 8 rings (SSSR count). The van der Waals surface area contributed by atoms with Gasteiger partial charge in [0.25, 0.3) is 0 Å². The van der Waals surface area contributed by atoms with Gasteiger partial charge in [-0.1, -0.05) is 53.2 Å². The zero-order valence-electron chi connectivity index (χ0n) is 38.5. The van der Waals surface area contributed by atoms with E-state index in [-0.39, 0.29) is 52.6 Å². The molecule has 0 aromatic rings. The van der Waals surface area contributed by atoms with Crippen LogP contribution in [0.15, 0.2) is 11.6 Å². The van der Waals surface area contributed by atoms with Crippen LogP contribution >= 0.6 is 0 Å². The number of ether oxygens (including phenoxy) is 6. The Morgan fingerprint density at radius 3 is 2.03 bits per heavy atom. The monoisotopic (exact) mass is 913 g/mol. The van der Waals surface area contributed by atoms with Crippen molar-refractivity contribution < 1.29 is 84.3 Å². The van der Waals surface area contributed by atoms with Crippen molar-refractivity contribution in [3.05, 3.63) is 11.6 Å². The van der Waals surface area contributed by atoms with Crippen molar-refractivity contribution in [1.29, 1.82) is 0 Å². The second kappa shape index (κ2) is 17.2. The van der Waals surface area contributed by atoms with Gasteiger partial charge in [-0.25, -0.2) is 0 Å². The van der Waals surface area contributed by atoms with E-state index in [1.165, 1.54) is 12.5 Å². The largest absolute Gasteiger partial charge is 0.481 e. The van der Waals surface area contributed by atoms with Gasteiger partial charge in [-0.2, -0.15) is 0 Å².